The third kappa shape index (κ3) is 3.85. The SMILES string of the molecule is COc1ccc(CN2C(=O)NC(=O)/C(=C\c3c(OC)ccc4ccccc34)C2=O)cc1. The van der Waals surface area contributed by atoms with Crippen molar-refractivity contribution in [3.8, 4) is 11.5 Å². The molecule has 1 saturated heterocycles. The molecule has 0 aromatic heterocycles. The zero-order valence-corrected chi connectivity index (χ0v) is 17.0. The minimum absolute atomic E-state index is 0.0198. The van der Waals surface area contributed by atoms with Crippen LogP contribution in [0, 0.1) is 0 Å². The molecule has 3 aromatic rings. The monoisotopic (exact) mass is 416 g/mol. The molecule has 0 atom stereocenters. The van der Waals surface area contributed by atoms with Crippen molar-refractivity contribution in [2.45, 2.75) is 6.54 Å². The quantitative estimate of drug-likeness (QED) is 0.508. The number of imide groups is 2. The molecule has 0 aliphatic carbocycles. The van der Waals surface area contributed by atoms with Crippen molar-refractivity contribution in [2.75, 3.05) is 14.2 Å². The average Bonchev–Trinajstić information content (AvgIpc) is 2.79. The van der Waals surface area contributed by atoms with Crippen molar-refractivity contribution >= 4 is 34.7 Å². The Morgan fingerprint density at radius 3 is 2.35 bits per heavy atom. The summed E-state index contributed by atoms with van der Waals surface area (Å²) in [4.78, 5) is 39.0. The van der Waals surface area contributed by atoms with E-state index in [1.807, 2.05) is 30.3 Å². The number of methoxy groups -OCH3 is 2. The Morgan fingerprint density at radius 2 is 1.65 bits per heavy atom. The summed E-state index contributed by atoms with van der Waals surface area (Å²) < 4.78 is 10.6. The highest BCUT2D eigenvalue weighted by Gasteiger charge is 2.36. The van der Waals surface area contributed by atoms with Gasteiger partial charge in [0.1, 0.15) is 17.1 Å². The molecule has 1 aliphatic heterocycles. The first-order chi connectivity index (χ1) is 15.0. The number of carbonyl (C=O) groups is 3. The molecule has 4 amide bonds. The van der Waals surface area contributed by atoms with E-state index in [0.717, 1.165) is 21.2 Å². The van der Waals surface area contributed by atoms with E-state index in [4.69, 9.17) is 9.47 Å². The van der Waals surface area contributed by atoms with Gasteiger partial charge in [-0.2, -0.15) is 0 Å². The molecule has 0 bridgehead atoms. The number of rotatable bonds is 5. The molecule has 7 nitrogen and oxygen atoms in total. The summed E-state index contributed by atoms with van der Waals surface area (Å²) in [6.45, 7) is 0.0198. The topological polar surface area (TPSA) is 84.9 Å². The van der Waals surface area contributed by atoms with Gasteiger partial charge in [-0.15, -0.1) is 0 Å². The highest BCUT2D eigenvalue weighted by molar-refractivity contribution is 6.31. The molecule has 31 heavy (non-hydrogen) atoms. The Kier molecular flexibility index (Phi) is 5.41. The molecule has 1 N–H and O–H groups in total. The van der Waals surface area contributed by atoms with Crippen LogP contribution in [0.2, 0.25) is 0 Å². The van der Waals surface area contributed by atoms with Gasteiger partial charge in [0.2, 0.25) is 0 Å². The molecule has 1 heterocycles. The van der Waals surface area contributed by atoms with Crippen LogP contribution >= 0.6 is 0 Å². The molecule has 156 valence electrons. The van der Waals surface area contributed by atoms with E-state index < -0.39 is 17.8 Å². The normalized spacial score (nSPS) is 15.4. The molecule has 0 unspecified atom stereocenters. The van der Waals surface area contributed by atoms with E-state index in [2.05, 4.69) is 5.32 Å². The Hall–Kier alpha value is -4.13. The standard InChI is InChI=1S/C24H20N2O5/c1-30-17-10-7-15(8-11-17)14-26-23(28)20(22(27)25-24(26)29)13-19-18-6-4-3-5-16(18)9-12-21(19)31-2/h3-13H,14H2,1-2H3,(H,25,27,29)/b20-13+. The maximum absolute atomic E-state index is 13.1. The lowest BCUT2D eigenvalue weighted by Crippen LogP contribution is -2.53. The van der Waals surface area contributed by atoms with Gasteiger partial charge in [0.15, 0.2) is 0 Å². The molecule has 0 spiro atoms. The van der Waals surface area contributed by atoms with Gasteiger partial charge in [0, 0.05) is 5.56 Å². The Labute approximate surface area is 178 Å². The van der Waals surface area contributed by atoms with Crippen LogP contribution in [0.1, 0.15) is 11.1 Å². The minimum atomic E-state index is -0.757. The summed E-state index contributed by atoms with van der Waals surface area (Å²) in [5.74, 6) is -0.224. The average molecular weight is 416 g/mol. The number of nitrogens with one attached hydrogen (secondary N) is 1. The largest absolute Gasteiger partial charge is 0.497 e. The lowest BCUT2D eigenvalue weighted by atomic mass is 9.99. The van der Waals surface area contributed by atoms with Crippen LogP contribution < -0.4 is 14.8 Å². The number of carbonyl (C=O) groups excluding carboxylic acids is 3. The third-order valence-corrected chi connectivity index (χ3v) is 5.12. The molecule has 7 heteroatoms. The molecule has 0 saturated carbocycles. The van der Waals surface area contributed by atoms with E-state index in [0.29, 0.717) is 17.1 Å². The van der Waals surface area contributed by atoms with Gasteiger partial charge in [0.05, 0.1) is 20.8 Å². The van der Waals surface area contributed by atoms with Gasteiger partial charge >= 0.3 is 6.03 Å². The number of urea groups is 1. The maximum atomic E-state index is 13.1. The second-order valence-electron chi connectivity index (χ2n) is 6.96. The Bertz CT molecular complexity index is 1210. The lowest BCUT2D eigenvalue weighted by Gasteiger charge is -2.26. The van der Waals surface area contributed by atoms with Crippen molar-refractivity contribution < 1.29 is 23.9 Å². The first-order valence-corrected chi connectivity index (χ1v) is 9.59. The van der Waals surface area contributed by atoms with E-state index in [1.54, 1.807) is 37.4 Å². The van der Waals surface area contributed by atoms with Crippen molar-refractivity contribution in [1.29, 1.82) is 0 Å². The molecule has 3 aromatic carbocycles. The number of barbiturate groups is 1. The third-order valence-electron chi connectivity index (χ3n) is 5.12. The van der Waals surface area contributed by atoms with Crippen LogP contribution in [0.5, 0.6) is 11.5 Å². The van der Waals surface area contributed by atoms with E-state index in [-0.39, 0.29) is 12.1 Å². The summed E-state index contributed by atoms with van der Waals surface area (Å²) in [6, 6.07) is 17.5. The van der Waals surface area contributed by atoms with E-state index in [1.165, 1.54) is 13.2 Å². The summed E-state index contributed by atoms with van der Waals surface area (Å²) in [5, 5.41) is 4.01. The smallest absolute Gasteiger partial charge is 0.331 e. The van der Waals surface area contributed by atoms with Gasteiger partial charge in [0.25, 0.3) is 11.8 Å². The number of fused-ring (bicyclic) bond motifs is 1. The summed E-state index contributed by atoms with van der Waals surface area (Å²) in [7, 11) is 3.08. The number of hydrogen-bond donors (Lipinski definition) is 1. The zero-order chi connectivity index (χ0) is 22.0. The second-order valence-corrected chi connectivity index (χ2v) is 6.96. The van der Waals surface area contributed by atoms with Crippen molar-refractivity contribution in [3.63, 3.8) is 0 Å². The van der Waals surface area contributed by atoms with Crippen molar-refractivity contribution in [1.82, 2.24) is 10.2 Å². The predicted octanol–water partition coefficient (Wildman–Crippen LogP) is 3.52. The maximum Gasteiger partial charge on any atom is 0.331 e. The van der Waals surface area contributed by atoms with E-state index >= 15 is 0 Å². The van der Waals surface area contributed by atoms with Crippen LogP contribution in [-0.2, 0) is 16.1 Å². The van der Waals surface area contributed by atoms with Crippen LogP contribution in [0.4, 0.5) is 4.79 Å². The number of ether oxygens (including phenoxy) is 2. The van der Waals surface area contributed by atoms with Crippen LogP contribution in [-0.4, -0.2) is 37.0 Å². The number of amides is 4. The molecular weight excluding hydrogens is 396 g/mol. The van der Waals surface area contributed by atoms with Gasteiger partial charge in [-0.3, -0.25) is 19.8 Å². The number of hydrogen-bond acceptors (Lipinski definition) is 5. The second kappa shape index (κ2) is 8.31. The molecule has 0 radical (unpaired) electrons. The van der Waals surface area contributed by atoms with Crippen LogP contribution in [0.3, 0.4) is 0 Å². The zero-order valence-electron chi connectivity index (χ0n) is 17.0. The lowest BCUT2D eigenvalue weighted by molar-refractivity contribution is -0.130. The van der Waals surface area contributed by atoms with Gasteiger partial charge in [-0.25, -0.2) is 4.79 Å². The number of nitrogens with zero attached hydrogens (tertiary/aromatic N) is 1. The van der Waals surface area contributed by atoms with E-state index in [9.17, 15) is 14.4 Å². The number of benzene rings is 3. The van der Waals surface area contributed by atoms with Gasteiger partial charge in [-0.1, -0.05) is 42.5 Å². The van der Waals surface area contributed by atoms with Gasteiger partial charge < -0.3 is 9.47 Å². The highest BCUT2D eigenvalue weighted by atomic mass is 16.5. The highest BCUT2D eigenvalue weighted by Crippen LogP contribution is 2.31. The minimum Gasteiger partial charge on any atom is -0.497 e. The molecule has 1 aliphatic rings. The summed E-state index contributed by atoms with van der Waals surface area (Å²) in [5.41, 5.74) is 1.18. The van der Waals surface area contributed by atoms with Crippen molar-refractivity contribution in [2.24, 2.45) is 0 Å². The fourth-order valence-corrected chi connectivity index (χ4v) is 3.50. The van der Waals surface area contributed by atoms with Crippen molar-refractivity contribution in [3.05, 3.63) is 77.4 Å². The van der Waals surface area contributed by atoms with Crippen LogP contribution in [0.15, 0.2) is 66.2 Å². The fourth-order valence-electron chi connectivity index (χ4n) is 3.50. The molecule has 4 rings (SSSR count). The molecule has 1 fully saturated rings. The summed E-state index contributed by atoms with van der Waals surface area (Å²) in [6.07, 6.45) is 1.48. The van der Waals surface area contributed by atoms with Crippen LogP contribution in [0.25, 0.3) is 16.8 Å². The Balaban J connectivity index is 1.73. The predicted molar refractivity (Wildman–Crippen MR) is 116 cm³/mol. The first-order valence-electron chi connectivity index (χ1n) is 9.59. The molecular formula is C24H20N2O5. The summed E-state index contributed by atoms with van der Waals surface area (Å²) >= 11 is 0. The van der Waals surface area contributed by atoms with Gasteiger partial charge in [-0.05, 0) is 40.6 Å². The first kappa shape index (κ1) is 20.2. The fraction of sp³-hybridized carbons (Fsp3) is 0.125. The Morgan fingerprint density at radius 1 is 0.903 bits per heavy atom.